The Morgan fingerprint density at radius 1 is 1.46 bits per heavy atom. The van der Waals surface area contributed by atoms with Gasteiger partial charge in [0.2, 0.25) is 5.91 Å². The summed E-state index contributed by atoms with van der Waals surface area (Å²) in [5.74, 6) is 0.676. The van der Waals surface area contributed by atoms with E-state index in [0.29, 0.717) is 24.7 Å². The maximum Gasteiger partial charge on any atom is 0.243 e. The largest absolute Gasteiger partial charge is 0.378 e. The molecule has 2 aliphatic rings. The average Bonchev–Trinajstić information content (AvgIpc) is 2.45. The predicted octanol–water partition coefficient (Wildman–Crippen LogP) is 1.76. The Kier molecular flexibility index (Phi) is 8.49. The highest BCUT2D eigenvalue weighted by atomic mass is 127. The SMILES string of the molecule is C=CCNC(=NCC(=O)N(C)C)NC1CC(OCC)C12CCC2.I. The summed E-state index contributed by atoms with van der Waals surface area (Å²) in [6.07, 6.45) is 6.84. The molecular weight excluding hydrogens is 419 g/mol. The highest BCUT2D eigenvalue weighted by Gasteiger charge is 2.59. The summed E-state index contributed by atoms with van der Waals surface area (Å²) in [5.41, 5.74) is 0.262. The van der Waals surface area contributed by atoms with Crippen molar-refractivity contribution in [3.63, 3.8) is 0 Å². The van der Waals surface area contributed by atoms with Gasteiger partial charge in [-0.25, -0.2) is 4.99 Å². The third-order valence-electron chi connectivity index (χ3n) is 5.03. The third kappa shape index (κ3) is 4.62. The summed E-state index contributed by atoms with van der Waals surface area (Å²) in [6.45, 7) is 7.31. The number of hydrogen-bond acceptors (Lipinski definition) is 3. The number of rotatable bonds is 7. The molecule has 2 rings (SSSR count). The van der Waals surface area contributed by atoms with E-state index in [1.54, 1.807) is 25.1 Å². The molecule has 1 amide bonds. The average molecular weight is 450 g/mol. The minimum Gasteiger partial charge on any atom is -0.378 e. The molecule has 0 aromatic rings. The Hall–Kier alpha value is -0.830. The van der Waals surface area contributed by atoms with E-state index < -0.39 is 0 Å². The lowest BCUT2D eigenvalue weighted by Gasteiger charge is -2.61. The van der Waals surface area contributed by atoms with Crippen molar-refractivity contribution in [3.8, 4) is 0 Å². The van der Waals surface area contributed by atoms with Crippen LogP contribution in [-0.4, -0.2) is 62.7 Å². The van der Waals surface area contributed by atoms with Gasteiger partial charge in [0.25, 0.3) is 0 Å². The summed E-state index contributed by atoms with van der Waals surface area (Å²) < 4.78 is 5.88. The van der Waals surface area contributed by atoms with E-state index in [-0.39, 0.29) is 41.8 Å². The molecule has 24 heavy (non-hydrogen) atoms. The minimum absolute atomic E-state index is 0. The van der Waals surface area contributed by atoms with Gasteiger partial charge in [0.05, 0.1) is 6.10 Å². The van der Waals surface area contributed by atoms with E-state index in [1.807, 2.05) is 0 Å². The summed E-state index contributed by atoms with van der Waals surface area (Å²) in [6, 6.07) is 0.373. The second kappa shape index (κ2) is 9.60. The number of halogens is 1. The van der Waals surface area contributed by atoms with Gasteiger partial charge in [-0.3, -0.25) is 4.79 Å². The number of hydrogen-bond donors (Lipinski definition) is 2. The molecule has 2 aliphatic carbocycles. The molecule has 0 heterocycles. The number of likely N-dealkylation sites (N-methyl/N-ethyl adjacent to an activating group) is 1. The Balaban J connectivity index is 0.00000288. The number of guanidine groups is 1. The van der Waals surface area contributed by atoms with Crippen molar-refractivity contribution in [3.05, 3.63) is 12.7 Å². The summed E-state index contributed by atoms with van der Waals surface area (Å²) in [4.78, 5) is 17.7. The molecule has 0 bridgehead atoms. The van der Waals surface area contributed by atoms with Gasteiger partial charge < -0.3 is 20.3 Å². The van der Waals surface area contributed by atoms with Crippen molar-refractivity contribution < 1.29 is 9.53 Å². The fourth-order valence-electron chi connectivity index (χ4n) is 3.42. The van der Waals surface area contributed by atoms with Crippen LogP contribution in [0.4, 0.5) is 0 Å². The van der Waals surface area contributed by atoms with E-state index in [4.69, 9.17) is 4.74 Å². The molecule has 0 radical (unpaired) electrons. The van der Waals surface area contributed by atoms with Crippen molar-refractivity contribution in [2.75, 3.05) is 33.8 Å². The Morgan fingerprint density at radius 3 is 2.67 bits per heavy atom. The molecule has 6 nitrogen and oxygen atoms in total. The normalized spacial score (nSPS) is 24.2. The zero-order chi connectivity index (χ0) is 16.9. The smallest absolute Gasteiger partial charge is 0.243 e. The molecular formula is C17H31IN4O2. The van der Waals surface area contributed by atoms with Crippen molar-refractivity contribution >= 4 is 35.8 Å². The first-order chi connectivity index (χ1) is 11.0. The molecule has 2 fully saturated rings. The molecule has 138 valence electrons. The third-order valence-corrected chi connectivity index (χ3v) is 5.03. The zero-order valence-electron chi connectivity index (χ0n) is 15.0. The van der Waals surface area contributed by atoms with E-state index >= 15 is 0 Å². The topological polar surface area (TPSA) is 66.0 Å². The maximum absolute atomic E-state index is 11.7. The molecule has 0 aromatic heterocycles. The molecule has 2 atom stereocenters. The molecule has 2 saturated carbocycles. The van der Waals surface area contributed by atoms with Crippen LogP contribution < -0.4 is 10.6 Å². The van der Waals surface area contributed by atoms with Crippen LogP contribution in [0.5, 0.6) is 0 Å². The van der Waals surface area contributed by atoms with Gasteiger partial charge in [-0.15, -0.1) is 30.6 Å². The van der Waals surface area contributed by atoms with Gasteiger partial charge in [-0.1, -0.05) is 12.5 Å². The van der Waals surface area contributed by atoms with Gasteiger partial charge in [0, 0.05) is 38.7 Å². The van der Waals surface area contributed by atoms with E-state index in [9.17, 15) is 4.79 Å². The summed E-state index contributed by atoms with van der Waals surface area (Å²) >= 11 is 0. The number of nitrogens with one attached hydrogen (secondary N) is 2. The maximum atomic E-state index is 11.7. The van der Waals surface area contributed by atoms with E-state index in [0.717, 1.165) is 13.0 Å². The highest BCUT2D eigenvalue weighted by Crippen LogP contribution is 2.57. The number of amides is 1. The molecule has 0 aromatic carbocycles. The lowest BCUT2D eigenvalue weighted by molar-refractivity contribution is -0.168. The van der Waals surface area contributed by atoms with Crippen LogP contribution in [0.15, 0.2) is 17.6 Å². The lowest BCUT2D eigenvalue weighted by Crippen LogP contribution is -2.68. The quantitative estimate of drug-likeness (QED) is 0.269. The number of carbonyl (C=O) groups is 1. The number of aliphatic imine (C=N–C) groups is 1. The molecule has 0 aliphatic heterocycles. The van der Waals surface area contributed by atoms with Crippen LogP contribution in [0, 0.1) is 5.41 Å². The van der Waals surface area contributed by atoms with Crippen molar-refractivity contribution in [2.24, 2.45) is 10.4 Å². The van der Waals surface area contributed by atoms with Crippen LogP contribution in [-0.2, 0) is 9.53 Å². The van der Waals surface area contributed by atoms with Crippen molar-refractivity contribution in [1.29, 1.82) is 0 Å². The second-order valence-corrected chi connectivity index (χ2v) is 6.59. The molecule has 7 heteroatoms. The molecule has 1 spiro atoms. The molecule has 2 unspecified atom stereocenters. The van der Waals surface area contributed by atoms with Crippen LogP contribution in [0.25, 0.3) is 0 Å². The number of ether oxygens (including phenoxy) is 1. The number of carbonyl (C=O) groups excluding carboxylic acids is 1. The van der Waals surface area contributed by atoms with Gasteiger partial charge in [-0.05, 0) is 26.2 Å². The van der Waals surface area contributed by atoms with Crippen LogP contribution >= 0.6 is 24.0 Å². The standard InChI is InChI=1S/C17H30N4O2.HI/c1-5-10-18-16(19-12-15(22)21(3)4)20-13-11-14(23-6-2)17(13)8-7-9-17;/h5,13-14H,1,6-12H2,2-4H3,(H2,18,19,20);1H. The second-order valence-electron chi connectivity index (χ2n) is 6.59. The number of nitrogens with zero attached hydrogens (tertiary/aromatic N) is 2. The van der Waals surface area contributed by atoms with Gasteiger partial charge in [0.15, 0.2) is 5.96 Å². The van der Waals surface area contributed by atoms with E-state index in [2.05, 4.69) is 29.1 Å². The van der Waals surface area contributed by atoms with Gasteiger partial charge >= 0.3 is 0 Å². The fourth-order valence-corrected chi connectivity index (χ4v) is 3.42. The molecule has 0 saturated heterocycles. The highest BCUT2D eigenvalue weighted by molar-refractivity contribution is 14.0. The summed E-state index contributed by atoms with van der Waals surface area (Å²) in [5, 5.41) is 6.71. The van der Waals surface area contributed by atoms with Crippen molar-refractivity contribution in [2.45, 2.75) is 44.8 Å². The van der Waals surface area contributed by atoms with Crippen LogP contribution in [0.2, 0.25) is 0 Å². The van der Waals surface area contributed by atoms with Crippen molar-refractivity contribution in [1.82, 2.24) is 15.5 Å². The Bertz CT molecular complexity index is 464. The van der Waals surface area contributed by atoms with Gasteiger partial charge in [0.1, 0.15) is 6.54 Å². The first-order valence-electron chi connectivity index (χ1n) is 8.51. The molecule has 2 N–H and O–H groups in total. The summed E-state index contributed by atoms with van der Waals surface area (Å²) in [7, 11) is 3.48. The van der Waals surface area contributed by atoms with Crippen LogP contribution in [0.3, 0.4) is 0 Å². The Morgan fingerprint density at radius 2 is 2.17 bits per heavy atom. The Labute approximate surface area is 162 Å². The predicted molar refractivity (Wildman–Crippen MR) is 108 cm³/mol. The zero-order valence-corrected chi connectivity index (χ0v) is 17.3. The van der Waals surface area contributed by atoms with Gasteiger partial charge in [-0.2, -0.15) is 0 Å². The first-order valence-corrected chi connectivity index (χ1v) is 8.51. The monoisotopic (exact) mass is 450 g/mol. The lowest BCUT2D eigenvalue weighted by atomic mass is 9.51. The van der Waals surface area contributed by atoms with E-state index in [1.165, 1.54) is 19.3 Å². The first kappa shape index (κ1) is 21.2. The fraction of sp³-hybridized carbons (Fsp3) is 0.765. The minimum atomic E-state index is -0.0103. The van der Waals surface area contributed by atoms with Crippen LogP contribution in [0.1, 0.15) is 32.6 Å².